The number of morpholine rings is 1. The number of benzene rings is 1. The van der Waals surface area contributed by atoms with Gasteiger partial charge in [0, 0.05) is 13.1 Å². The lowest BCUT2D eigenvalue weighted by molar-refractivity contribution is -0.118. The summed E-state index contributed by atoms with van der Waals surface area (Å²) in [6, 6.07) is 8.94. The summed E-state index contributed by atoms with van der Waals surface area (Å²) < 4.78 is 10.5. The first-order chi connectivity index (χ1) is 13.3. The number of carbonyl (C=O) groups excluding carboxylic acids is 2. The second-order valence-electron chi connectivity index (χ2n) is 7.88. The highest BCUT2D eigenvalue weighted by Gasteiger charge is 2.20. The molecule has 2 aromatic rings. The molecular formula is C21H27N3O4. The number of rotatable bonds is 5. The normalized spacial score (nSPS) is 15.2. The molecule has 1 aliphatic rings. The van der Waals surface area contributed by atoms with Gasteiger partial charge in [0.2, 0.25) is 5.91 Å². The van der Waals surface area contributed by atoms with Crippen LogP contribution in [0.25, 0.3) is 0 Å². The number of carbonyl (C=O) groups is 2. The van der Waals surface area contributed by atoms with Crippen LogP contribution in [0.1, 0.15) is 36.9 Å². The molecule has 1 fully saturated rings. The molecule has 1 saturated heterocycles. The lowest BCUT2D eigenvalue weighted by Gasteiger charge is -2.26. The molecule has 150 valence electrons. The van der Waals surface area contributed by atoms with Crippen LogP contribution in [0.3, 0.4) is 0 Å². The average Bonchev–Trinajstić information content (AvgIpc) is 3.18. The molecule has 1 aliphatic heterocycles. The predicted octanol–water partition coefficient (Wildman–Crippen LogP) is 3.10. The molecule has 28 heavy (non-hydrogen) atoms. The van der Waals surface area contributed by atoms with Crippen molar-refractivity contribution in [1.29, 1.82) is 0 Å². The summed E-state index contributed by atoms with van der Waals surface area (Å²) in [5.74, 6) is -0.273. The molecule has 2 heterocycles. The lowest BCUT2D eigenvalue weighted by Crippen LogP contribution is -2.41. The van der Waals surface area contributed by atoms with Crippen molar-refractivity contribution in [3.05, 3.63) is 47.9 Å². The van der Waals surface area contributed by atoms with Crippen molar-refractivity contribution in [2.75, 3.05) is 43.5 Å². The average molecular weight is 385 g/mol. The number of hydrogen-bond acceptors (Lipinski definition) is 5. The van der Waals surface area contributed by atoms with Crippen LogP contribution in [0.4, 0.5) is 11.4 Å². The molecular weight excluding hydrogens is 358 g/mol. The number of furan rings is 1. The van der Waals surface area contributed by atoms with Crippen molar-refractivity contribution in [2.45, 2.75) is 26.2 Å². The summed E-state index contributed by atoms with van der Waals surface area (Å²) in [6.07, 6.45) is 1.45. The van der Waals surface area contributed by atoms with Crippen LogP contribution in [0.5, 0.6) is 0 Å². The Hall–Kier alpha value is -2.64. The standard InChI is InChI=1S/C21H27N3O4/c1-21(2,3)15-6-7-16(22-19(25)14-24-8-11-27-12-9-24)17(13-15)23-20(26)18-5-4-10-28-18/h4-7,10,13H,8-9,11-12,14H2,1-3H3,(H,22,25)(H,23,26). The van der Waals surface area contributed by atoms with Crippen molar-refractivity contribution < 1.29 is 18.7 Å². The molecule has 3 rings (SSSR count). The molecule has 1 aromatic heterocycles. The Bertz CT molecular complexity index is 819. The van der Waals surface area contributed by atoms with Gasteiger partial charge >= 0.3 is 0 Å². The van der Waals surface area contributed by atoms with Gasteiger partial charge in [0.1, 0.15) is 0 Å². The van der Waals surface area contributed by atoms with Crippen molar-refractivity contribution in [1.82, 2.24) is 4.90 Å². The summed E-state index contributed by atoms with van der Waals surface area (Å²) in [5, 5.41) is 5.77. The second kappa shape index (κ2) is 8.58. The Morgan fingerprint density at radius 1 is 1.07 bits per heavy atom. The minimum Gasteiger partial charge on any atom is -0.459 e. The predicted molar refractivity (Wildman–Crippen MR) is 108 cm³/mol. The highest BCUT2D eigenvalue weighted by molar-refractivity contribution is 6.06. The van der Waals surface area contributed by atoms with E-state index in [0.29, 0.717) is 24.6 Å². The topological polar surface area (TPSA) is 83.8 Å². The number of nitrogens with one attached hydrogen (secondary N) is 2. The van der Waals surface area contributed by atoms with E-state index in [4.69, 9.17) is 9.15 Å². The molecule has 0 unspecified atom stereocenters. The first-order valence-corrected chi connectivity index (χ1v) is 9.42. The van der Waals surface area contributed by atoms with Gasteiger partial charge in [-0.25, -0.2) is 0 Å². The molecule has 0 spiro atoms. The highest BCUT2D eigenvalue weighted by Crippen LogP contribution is 2.30. The molecule has 7 nitrogen and oxygen atoms in total. The number of hydrogen-bond donors (Lipinski definition) is 2. The zero-order valence-corrected chi connectivity index (χ0v) is 16.6. The largest absolute Gasteiger partial charge is 0.459 e. The summed E-state index contributed by atoms with van der Waals surface area (Å²) >= 11 is 0. The molecule has 1 aromatic carbocycles. The van der Waals surface area contributed by atoms with Crippen LogP contribution in [0, 0.1) is 0 Å². The van der Waals surface area contributed by atoms with E-state index in [2.05, 4.69) is 31.4 Å². The molecule has 0 radical (unpaired) electrons. The molecule has 0 bridgehead atoms. The van der Waals surface area contributed by atoms with Gasteiger partial charge in [0.15, 0.2) is 5.76 Å². The van der Waals surface area contributed by atoms with Crippen LogP contribution < -0.4 is 10.6 Å². The van der Waals surface area contributed by atoms with E-state index in [9.17, 15) is 9.59 Å². The van der Waals surface area contributed by atoms with Crippen molar-refractivity contribution >= 4 is 23.2 Å². The fourth-order valence-corrected chi connectivity index (χ4v) is 2.97. The van der Waals surface area contributed by atoms with Crippen LogP contribution in [0.2, 0.25) is 0 Å². The first-order valence-electron chi connectivity index (χ1n) is 9.42. The maximum absolute atomic E-state index is 12.5. The van der Waals surface area contributed by atoms with Gasteiger partial charge < -0.3 is 19.8 Å². The van der Waals surface area contributed by atoms with Crippen LogP contribution in [-0.4, -0.2) is 49.6 Å². The van der Waals surface area contributed by atoms with Crippen molar-refractivity contribution in [3.63, 3.8) is 0 Å². The van der Waals surface area contributed by atoms with E-state index >= 15 is 0 Å². The zero-order valence-electron chi connectivity index (χ0n) is 16.6. The molecule has 2 amide bonds. The fourth-order valence-electron chi connectivity index (χ4n) is 2.97. The Morgan fingerprint density at radius 2 is 1.82 bits per heavy atom. The molecule has 2 N–H and O–H groups in total. The van der Waals surface area contributed by atoms with Gasteiger partial charge in [-0.3, -0.25) is 14.5 Å². The van der Waals surface area contributed by atoms with Crippen molar-refractivity contribution in [2.24, 2.45) is 0 Å². The second-order valence-corrected chi connectivity index (χ2v) is 7.88. The van der Waals surface area contributed by atoms with Gasteiger partial charge in [-0.1, -0.05) is 26.8 Å². The van der Waals surface area contributed by atoms with E-state index in [1.54, 1.807) is 12.1 Å². The van der Waals surface area contributed by atoms with Gasteiger partial charge in [0.05, 0.1) is 37.4 Å². The van der Waals surface area contributed by atoms with E-state index in [1.807, 2.05) is 23.1 Å². The maximum Gasteiger partial charge on any atom is 0.291 e. The Morgan fingerprint density at radius 3 is 2.46 bits per heavy atom. The van der Waals surface area contributed by atoms with Gasteiger partial charge in [-0.05, 0) is 35.2 Å². The Kier molecular flexibility index (Phi) is 6.16. The van der Waals surface area contributed by atoms with E-state index < -0.39 is 0 Å². The monoisotopic (exact) mass is 385 g/mol. The highest BCUT2D eigenvalue weighted by atomic mass is 16.5. The molecule has 0 saturated carbocycles. The number of nitrogens with zero attached hydrogens (tertiary/aromatic N) is 1. The summed E-state index contributed by atoms with van der Waals surface area (Å²) in [5.41, 5.74) is 2.06. The number of anilines is 2. The van der Waals surface area contributed by atoms with E-state index in [0.717, 1.165) is 18.7 Å². The Balaban J connectivity index is 1.78. The first kappa shape index (κ1) is 20.1. The van der Waals surface area contributed by atoms with Gasteiger partial charge in [-0.2, -0.15) is 0 Å². The summed E-state index contributed by atoms with van der Waals surface area (Å²) in [4.78, 5) is 27.0. The van der Waals surface area contributed by atoms with E-state index in [-0.39, 0.29) is 29.5 Å². The fraction of sp³-hybridized carbons (Fsp3) is 0.429. The zero-order chi connectivity index (χ0) is 20.1. The van der Waals surface area contributed by atoms with Crippen LogP contribution in [0.15, 0.2) is 41.0 Å². The third-order valence-corrected chi connectivity index (χ3v) is 4.62. The maximum atomic E-state index is 12.5. The molecule has 0 atom stereocenters. The SMILES string of the molecule is CC(C)(C)c1ccc(NC(=O)CN2CCOCC2)c(NC(=O)c2ccco2)c1. The van der Waals surface area contributed by atoms with Crippen molar-refractivity contribution in [3.8, 4) is 0 Å². The third kappa shape index (κ3) is 5.21. The summed E-state index contributed by atoms with van der Waals surface area (Å²) in [7, 11) is 0. The minimum atomic E-state index is -0.361. The minimum absolute atomic E-state index is 0.0967. The van der Waals surface area contributed by atoms with Gasteiger partial charge in [0.25, 0.3) is 5.91 Å². The molecule has 0 aliphatic carbocycles. The number of amides is 2. The smallest absolute Gasteiger partial charge is 0.291 e. The van der Waals surface area contributed by atoms with Crippen LogP contribution in [-0.2, 0) is 14.9 Å². The lowest BCUT2D eigenvalue weighted by atomic mass is 9.86. The van der Waals surface area contributed by atoms with Crippen LogP contribution >= 0.6 is 0 Å². The third-order valence-electron chi connectivity index (χ3n) is 4.62. The summed E-state index contributed by atoms with van der Waals surface area (Å²) in [6.45, 7) is 9.31. The van der Waals surface area contributed by atoms with Gasteiger partial charge in [-0.15, -0.1) is 0 Å². The Labute approximate surface area is 165 Å². The quantitative estimate of drug-likeness (QED) is 0.826. The van der Waals surface area contributed by atoms with E-state index in [1.165, 1.54) is 6.26 Å². The number of ether oxygens (including phenoxy) is 1. The molecule has 7 heteroatoms.